The van der Waals surface area contributed by atoms with E-state index in [4.69, 9.17) is 0 Å². The molecule has 8 aromatic rings. The molecule has 0 amide bonds. The SMILES string of the molecule is CC(C)(C)c1ccc(N2B3c4cccc5c4N(c4ccccc4C5(c4ccccc4)c4ccccc4)c4cc(C(C)(C)C)cc(c43)-c3cc4c(cc32)C(C)(C)c2ccccc2-4)cc1. The zero-order chi connectivity index (χ0) is 43.2. The summed E-state index contributed by atoms with van der Waals surface area (Å²) in [7, 11) is 0. The maximum absolute atomic E-state index is 2.71. The molecule has 0 N–H and O–H groups in total. The molecule has 3 aliphatic heterocycles. The standard InChI is InChI=1S/C60H53BN2/c1-57(2,3)38-30-32-42(33-31-38)63-53-37-50-44(43-24-15-16-25-47(43)59(50,7)8)36-45(53)46-34-41(58(4,5)6)35-54-55(46)61(63)51-28-19-27-49-56(51)62(54)52-29-18-17-26-48(52)60(49,39-20-11-9-12-21-39)40-22-13-10-14-23-40/h9-37H,1-8H3. The molecule has 306 valence electrons. The summed E-state index contributed by atoms with van der Waals surface area (Å²) in [4.78, 5) is 5.37. The molecule has 3 heteroatoms. The average molecular weight is 813 g/mol. The number of hydrogen-bond acceptors (Lipinski definition) is 2. The summed E-state index contributed by atoms with van der Waals surface area (Å²) in [5.41, 5.74) is 24.1. The monoisotopic (exact) mass is 812 g/mol. The third kappa shape index (κ3) is 5.14. The molecule has 2 nitrogen and oxygen atoms in total. The molecule has 0 unspecified atom stereocenters. The number of anilines is 5. The Morgan fingerprint density at radius 3 is 1.70 bits per heavy atom. The Balaban J connectivity index is 1.24. The number of benzene rings is 8. The maximum Gasteiger partial charge on any atom is 0.333 e. The second-order valence-electron chi connectivity index (χ2n) is 20.9. The lowest BCUT2D eigenvalue weighted by Crippen LogP contribution is -2.63. The summed E-state index contributed by atoms with van der Waals surface area (Å²) in [6, 6.07) is 67.7. The number of rotatable bonds is 3. The smallest absolute Gasteiger partial charge is 0.333 e. The van der Waals surface area contributed by atoms with E-state index in [0.717, 1.165) is 0 Å². The summed E-state index contributed by atoms with van der Waals surface area (Å²) >= 11 is 0. The van der Waals surface area contributed by atoms with Gasteiger partial charge in [0, 0.05) is 33.7 Å². The van der Waals surface area contributed by atoms with E-state index >= 15 is 0 Å². The molecule has 0 aromatic heterocycles. The van der Waals surface area contributed by atoms with Gasteiger partial charge in [0.1, 0.15) is 0 Å². The first-order chi connectivity index (χ1) is 30.3. The van der Waals surface area contributed by atoms with Crippen molar-refractivity contribution >= 4 is 46.2 Å². The van der Waals surface area contributed by atoms with Crippen LogP contribution in [0.3, 0.4) is 0 Å². The first-order valence-corrected chi connectivity index (χ1v) is 22.8. The second-order valence-corrected chi connectivity index (χ2v) is 20.9. The molecule has 0 saturated carbocycles. The van der Waals surface area contributed by atoms with Crippen molar-refractivity contribution in [2.45, 2.75) is 77.0 Å². The lowest BCUT2D eigenvalue weighted by molar-refractivity contribution is 0.590. The van der Waals surface area contributed by atoms with Crippen molar-refractivity contribution in [3.8, 4) is 22.3 Å². The van der Waals surface area contributed by atoms with Gasteiger partial charge in [0.15, 0.2) is 0 Å². The second kappa shape index (κ2) is 13.0. The van der Waals surface area contributed by atoms with Gasteiger partial charge in [-0.3, -0.25) is 0 Å². The first-order valence-electron chi connectivity index (χ1n) is 22.8. The van der Waals surface area contributed by atoms with Gasteiger partial charge < -0.3 is 9.71 Å². The Morgan fingerprint density at radius 2 is 1.03 bits per heavy atom. The van der Waals surface area contributed by atoms with Crippen LogP contribution in [0.2, 0.25) is 0 Å². The maximum atomic E-state index is 2.71. The van der Waals surface area contributed by atoms with Crippen LogP contribution in [0.1, 0.15) is 99.9 Å². The van der Waals surface area contributed by atoms with Crippen LogP contribution in [0.5, 0.6) is 0 Å². The van der Waals surface area contributed by atoms with Crippen molar-refractivity contribution in [2.24, 2.45) is 0 Å². The van der Waals surface area contributed by atoms with Gasteiger partial charge in [0.05, 0.1) is 11.1 Å². The minimum atomic E-state index is -0.564. The van der Waals surface area contributed by atoms with Crippen molar-refractivity contribution in [1.29, 1.82) is 0 Å². The highest BCUT2D eigenvalue weighted by Crippen LogP contribution is 2.60. The zero-order valence-corrected chi connectivity index (χ0v) is 37.7. The number of nitrogens with zero attached hydrogens (tertiary/aromatic N) is 2. The largest absolute Gasteiger partial charge is 0.376 e. The molecule has 4 aliphatic rings. The minimum Gasteiger partial charge on any atom is -0.376 e. The molecule has 8 aromatic carbocycles. The molecule has 1 aliphatic carbocycles. The highest BCUT2D eigenvalue weighted by molar-refractivity contribution is 6.93. The van der Waals surface area contributed by atoms with E-state index in [-0.39, 0.29) is 23.1 Å². The number of fused-ring (bicyclic) bond motifs is 9. The van der Waals surface area contributed by atoms with Crippen molar-refractivity contribution in [1.82, 2.24) is 0 Å². The fourth-order valence-electron chi connectivity index (χ4n) is 11.9. The van der Waals surface area contributed by atoms with Gasteiger partial charge in [-0.2, -0.15) is 0 Å². The van der Waals surface area contributed by atoms with Crippen molar-refractivity contribution < 1.29 is 0 Å². The van der Waals surface area contributed by atoms with Gasteiger partial charge in [0.25, 0.3) is 0 Å². The quantitative estimate of drug-likeness (QED) is 0.164. The molecule has 0 fully saturated rings. The summed E-state index contributed by atoms with van der Waals surface area (Å²) in [6.45, 7) is 18.8. The predicted octanol–water partition coefficient (Wildman–Crippen LogP) is 14.0. The molecule has 0 spiro atoms. The van der Waals surface area contributed by atoms with Crippen LogP contribution in [0.15, 0.2) is 176 Å². The summed E-state index contributed by atoms with van der Waals surface area (Å²) in [5.74, 6) is 0. The number of para-hydroxylation sites is 2. The average Bonchev–Trinajstić information content (AvgIpc) is 3.51. The Labute approximate surface area is 374 Å². The highest BCUT2D eigenvalue weighted by Gasteiger charge is 2.53. The van der Waals surface area contributed by atoms with E-state index in [9.17, 15) is 0 Å². The van der Waals surface area contributed by atoms with Crippen LogP contribution in [-0.4, -0.2) is 6.85 Å². The van der Waals surface area contributed by atoms with E-state index in [0.29, 0.717) is 0 Å². The van der Waals surface area contributed by atoms with Crippen LogP contribution in [0.25, 0.3) is 22.3 Å². The van der Waals surface area contributed by atoms with Gasteiger partial charge in [-0.25, -0.2) is 0 Å². The van der Waals surface area contributed by atoms with Gasteiger partial charge in [-0.05, 0) is 119 Å². The molecule has 0 bridgehead atoms. The van der Waals surface area contributed by atoms with Gasteiger partial charge in [-0.1, -0.05) is 195 Å². The molecular weight excluding hydrogens is 759 g/mol. The van der Waals surface area contributed by atoms with Crippen molar-refractivity contribution in [2.75, 3.05) is 9.71 Å². The van der Waals surface area contributed by atoms with Crippen molar-refractivity contribution in [3.63, 3.8) is 0 Å². The molecule has 0 atom stereocenters. The van der Waals surface area contributed by atoms with E-state index in [1.165, 1.54) is 106 Å². The summed E-state index contributed by atoms with van der Waals surface area (Å²) in [5, 5.41) is 0. The normalized spacial score (nSPS) is 15.8. The van der Waals surface area contributed by atoms with E-state index in [1.807, 2.05) is 0 Å². The third-order valence-electron chi connectivity index (χ3n) is 15.0. The molecule has 0 radical (unpaired) electrons. The molecule has 12 rings (SSSR count). The van der Waals surface area contributed by atoms with Crippen LogP contribution in [-0.2, 0) is 21.7 Å². The van der Waals surface area contributed by atoms with E-state index in [1.54, 1.807) is 0 Å². The first kappa shape index (κ1) is 38.1. The topological polar surface area (TPSA) is 6.48 Å². The highest BCUT2D eigenvalue weighted by atomic mass is 15.2. The Bertz CT molecular complexity index is 3130. The number of hydrogen-bond donors (Lipinski definition) is 0. The molecule has 63 heavy (non-hydrogen) atoms. The third-order valence-corrected chi connectivity index (χ3v) is 15.0. The lowest BCUT2D eigenvalue weighted by atomic mass is 9.42. The van der Waals surface area contributed by atoms with E-state index < -0.39 is 5.41 Å². The summed E-state index contributed by atoms with van der Waals surface area (Å²) < 4.78 is 0. The fraction of sp³-hybridized carbons (Fsp3) is 0.200. The van der Waals surface area contributed by atoms with Gasteiger partial charge >= 0.3 is 6.85 Å². The van der Waals surface area contributed by atoms with Crippen LogP contribution in [0, 0.1) is 0 Å². The Hall–Kier alpha value is -6.58. The van der Waals surface area contributed by atoms with Gasteiger partial charge in [0.2, 0.25) is 0 Å². The minimum absolute atomic E-state index is 0.0352. The van der Waals surface area contributed by atoms with Crippen LogP contribution < -0.4 is 20.6 Å². The lowest BCUT2D eigenvalue weighted by Gasteiger charge is -2.52. The van der Waals surface area contributed by atoms with E-state index in [2.05, 4.69) is 241 Å². The molecule has 0 saturated heterocycles. The zero-order valence-electron chi connectivity index (χ0n) is 37.7. The van der Waals surface area contributed by atoms with Crippen LogP contribution in [0.4, 0.5) is 28.4 Å². The predicted molar refractivity (Wildman–Crippen MR) is 267 cm³/mol. The summed E-state index contributed by atoms with van der Waals surface area (Å²) in [6.07, 6.45) is 0. The van der Waals surface area contributed by atoms with Crippen LogP contribution >= 0.6 is 0 Å². The van der Waals surface area contributed by atoms with Gasteiger partial charge in [-0.15, -0.1) is 0 Å². The Kier molecular flexibility index (Phi) is 7.86. The molecular formula is C60H53BN2. The Morgan fingerprint density at radius 1 is 0.429 bits per heavy atom. The fourth-order valence-corrected chi connectivity index (χ4v) is 11.9. The molecule has 3 heterocycles. The van der Waals surface area contributed by atoms with Crippen molar-refractivity contribution in [3.05, 3.63) is 220 Å².